The number of ketones is 1. The van der Waals surface area contributed by atoms with Crippen LogP contribution in [0, 0.1) is 0 Å². The van der Waals surface area contributed by atoms with Gasteiger partial charge in [0.25, 0.3) is 5.91 Å². The lowest BCUT2D eigenvalue weighted by Crippen LogP contribution is -2.43. The molecule has 1 atom stereocenters. The number of hydrogen-bond donors (Lipinski definition) is 1. The fourth-order valence-electron chi connectivity index (χ4n) is 2.03. The van der Waals surface area contributed by atoms with Crippen LogP contribution in [0.4, 0.5) is 4.79 Å². The van der Waals surface area contributed by atoms with Gasteiger partial charge in [0, 0.05) is 25.0 Å². The van der Waals surface area contributed by atoms with Crippen molar-refractivity contribution in [3.63, 3.8) is 0 Å². The smallest absolute Gasteiger partial charge is 0.325 e. The number of carbonyl (C=O) groups excluding carboxylic acids is 3. The van der Waals surface area contributed by atoms with E-state index in [1.165, 1.54) is 0 Å². The van der Waals surface area contributed by atoms with Crippen LogP contribution in [0.5, 0.6) is 0 Å². The van der Waals surface area contributed by atoms with E-state index in [1.54, 1.807) is 37.0 Å². The molecule has 1 aromatic rings. The number of amides is 3. The maximum Gasteiger partial charge on any atom is 0.325 e. The Labute approximate surface area is 111 Å². The van der Waals surface area contributed by atoms with Crippen LogP contribution in [-0.4, -0.2) is 39.3 Å². The highest BCUT2D eigenvalue weighted by atomic mass is 16.2. The molecule has 19 heavy (non-hydrogen) atoms. The number of imide groups is 1. The molecule has 102 valence electrons. The van der Waals surface area contributed by atoms with Gasteiger partial charge >= 0.3 is 6.03 Å². The Hall–Kier alpha value is -2.11. The third kappa shape index (κ3) is 2.25. The van der Waals surface area contributed by atoms with Gasteiger partial charge in [0.1, 0.15) is 5.54 Å². The highest BCUT2D eigenvalue weighted by molar-refractivity contribution is 6.10. The van der Waals surface area contributed by atoms with Crippen molar-refractivity contribution in [3.8, 4) is 0 Å². The van der Waals surface area contributed by atoms with Gasteiger partial charge in [0.15, 0.2) is 5.78 Å². The van der Waals surface area contributed by atoms with E-state index < -0.39 is 11.6 Å². The third-order valence-electron chi connectivity index (χ3n) is 3.51. The Morgan fingerprint density at radius 3 is 2.58 bits per heavy atom. The Morgan fingerprint density at radius 2 is 2.11 bits per heavy atom. The van der Waals surface area contributed by atoms with Gasteiger partial charge in [-0.05, 0) is 19.4 Å². The summed E-state index contributed by atoms with van der Waals surface area (Å²) in [5, 5.41) is 2.62. The first-order valence-electron chi connectivity index (χ1n) is 6.16. The van der Waals surface area contributed by atoms with Crippen molar-refractivity contribution in [3.05, 3.63) is 24.0 Å². The maximum atomic E-state index is 12.1. The summed E-state index contributed by atoms with van der Waals surface area (Å²) in [5.74, 6) is -0.589. The molecule has 0 aliphatic carbocycles. The Balaban J connectivity index is 2.14. The van der Waals surface area contributed by atoms with Gasteiger partial charge in [0.2, 0.25) is 0 Å². The lowest BCUT2D eigenvalue weighted by Gasteiger charge is -2.18. The number of Topliss-reactive ketones (excluding diaryl/α,β-unsaturated/α-hetero) is 1. The lowest BCUT2D eigenvalue weighted by atomic mass is 9.99. The molecule has 1 aromatic heterocycles. The molecule has 0 spiro atoms. The van der Waals surface area contributed by atoms with Crippen molar-refractivity contribution < 1.29 is 14.4 Å². The van der Waals surface area contributed by atoms with E-state index in [2.05, 4.69) is 5.32 Å². The van der Waals surface area contributed by atoms with Crippen molar-refractivity contribution in [2.45, 2.75) is 25.8 Å². The summed E-state index contributed by atoms with van der Waals surface area (Å²) in [4.78, 5) is 36.9. The Morgan fingerprint density at radius 1 is 1.42 bits per heavy atom. The first kappa shape index (κ1) is 13.3. The van der Waals surface area contributed by atoms with Crippen molar-refractivity contribution in [2.24, 2.45) is 7.05 Å². The fourth-order valence-corrected chi connectivity index (χ4v) is 2.03. The minimum absolute atomic E-state index is 0.218. The summed E-state index contributed by atoms with van der Waals surface area (Å²) in [6, 6.07) is 1.17. The largest absolute Gasteiger partial charge is 0.357 e. The molecule has 6 nitrogen and oxygen atoms in total. The molecular formula is C13H17N3O3. The van der Waals surface area contributed by atoms with Crippen LogP contribution in [0.25, 0.3) is 0 Å². The van der Waals surface area contributed by atoms with Gasteiger partial charge in [0.05, 0.1) is 6.54 Å². The van der Waals surface area contributed by atoms with Crippen LogP contribution in [0.3, 0.4) is 0 Å². The average molecular weight is 263 g/mol. The van der Waals surface area contributed by atoms with E-state index in [0.717, 1.165) is 4.90 Å². The number of urea groups is 1. The Bertz CT molecular complexity index is 549. The molecule has 0 unspecified atom stereocenters. The first-order chi connectivity index (χ1) is 8.87. The van der Waals surface area contributed by atoms with E-state index in [1.807, 2.05) is 6.92 Å². The topological polar surface area (TPSA) is 71.4 Å². The molecule has 1 N–H and O–H groups in total. The number of rotatable bonds is 4. The molecule has 0 aromatic carbocycles. The number of carbonyl (C=O) groups is 3. The molecule has 6 heteroatoms. The van der Waals surface area contributed by atoms with Gasteiger partial charge in [-0.2, -0.15) is 0 Å². The first-order valence-corrected chi connectivity index (χ1v) is 6.16. The number of nitrogens with zero attached hydrogens (tertiary/aromatic N) is 2. The molecule has 0 radical (unpaired) electrons. The standard InChI is InChI=1S/C13H17N3O3/c1-4-13(2)11(18)16(12(19)14-13)8-10(17)9-5-6-15(3)7-9/h5-7H,4,8H2,1-3H3,(H,14,19)/t13-/m1/s1. The van der Waals surface area contributed by atoms with Crippen molar-refractivity contribution in [1.82, 2.24) is 14.8 Å². The number of aryl methyl sites for hydroxylation is 1. The summed E-state index contributed by atoms with van der Waals surface area (Å²) in [5.41, 5.74) is -0.401. The highest BCUT2D eigenvalue weighted by Gasteiger charge is 2.46. The SMILES string of the molecule is CC[C@@]1(C)NC(=O)N(CC(=O)c2ccn(C)c2)C1=O. The molecule has 2 rings (SSSR count). The summed E-state index contributed by atoms with van der Waals surface area (Å²) in [7, 11) is 1.80. The minimum atomic E-state index is -0.895. The highest BCUT2D eigenvalue weighted by Crippen LogP contribution is 2.21. The monoisotopic (exact) mass is 263 g/mol. The zero-order valence-corrected chi connectivity index (χ0v) is 11.3. The quantitative estimate of drug-likeness (QED) is 0.649. The average Bonchev–Trinajstić information content (AvgIpc) is 2.88. The van der Waals surface area contributed by atoms with Crippen molar-refractivity contribution in [1.29, 1.82) is 0 Å². The predicted octanol–water partition coefficient (Wildman–Crippen LogP) is 0.928. The zero-order chi connectivity index (χ0) is 14.2. The summed E-state index contributed by atoms with van der Waals surface area (Å²) in [6.45, 7) is 3.27. The van der Waals surface area contributed by atoms with E-state index in [0.29, 0.717) is 12.0 Å². The summed E-state index contributed by atoms with van der Waals surface area (Å²) >= 11 is 0. The predicted molar refractivity (Wildman–Crippen MR) is 68.7 cm³/mol. The molecule has 1 fully saturated rings. The van der Waals surface area contributed by atoms with Gasteiger partial charge in [-0.1, -0.05) is 6.92 Å². The van der Waals surface area contributed by atoms with Gasteiger partial charge in [-0.3, -0.25) is 14.5 Å². The molecule has 1 aliphatic rings. The maximum absolute atomic E-state index is 12.1. The second kappa shape index (κ2) is 4.53. The summed E-state index contributed by atoms with van der Waals surface area (Å²) in [6.07, 6.45) is 3.91. The van der Waals surface area contributed by atoms with E-state index in [4.69, 9.17) is 0 Å². The van der Waals surface area contributed by atoms with E-state index in [9.17, 15) is 14.4 Å². The molecule has 1 saturated heterocycles. The van der Waals surface area contributed by atoms with E-state index >= 15 is 0 Å². The second-order valence-corrected chi connectivity index (χ2v) is 5.00. The Kier molecular flexibility index (Phi) is 3.18. The van der Waals surface area contributed by atoms with Crippen LogP contribution in [0.2, 0.25) is 0 Å². The lowest BCUT2D eigenvalue weighted by molar-refractivity contribution is -0.130. The molecule has 0 bridgehead atoms. The summed E-state index contributed by atoms with van der Waals surface area (Å²) < 4.78 is 1.75. The molecular weight excluding hydrogens is 246 g/mol. The van der Waals surface area contributed by atoms with Gasteiger partial charge < -0.3 is 9.88 Å². The molecule has 0 saturated carbocycles. The normalized spacial score (nSPS) is 22.8. The molecule has 2 heterocycles. The molecule has 1 aliphatic heterocycles. The fraction of sp³-hybridized carbons (Fsp3) is 0.462. The third-order valence-corrected chi connectivity index (χ3v) is 3.51. The van der Waals surface area contributed by atoms with E-state index in [-0.39, 0.29) is 18.2 Å². The minimum Gasteiger partial charge on any atom is -0.357 e. The van der Waals surface area contributed by atoms with Crippen LogP contribution in [0.15, 0.2) is 18.5 Å². The van der Waals surface area contributed by atoms with Crippen LogP contribution < -0.4 is 5.32 Å². The van der Waals surface area contributed by atoms with Gasteiger partial charge in [-0.15, -0.1) is 0 Å². The zero-order valence-electron chi connectivity index (χ0n) is 11.3. The second-order valence-electron chi connectivity index (χ2n) is 5.00. The number of nitrogens with one attached hydrogen (secondary N) is 1. The van der Waals surface area contributed by atoms with Crippen LogP contribution in [0.1, 0.15) is 30.6 Å². The van der Waals surface area contributed by atoms with Crippen molar-refractivity contribution in [2.75, 3.05) is 6.54 Å². The number of hydrogen-bond acceptors (Lipinski definition) is 3. The van der Waals surface area contributed by atoms with Gasteiger partial charge in [-0.25, -0.2) is 4.79 Å². The molecule has 3 amide bonds. The van der Waals surface area contributed by atoms with Crippen LogP contribution >= 0.6 is 0 Å². The van der Waals surface area contributed by atoms with Crippen LogP contribution in [-0.2, 0) is 11.8 Å². The number of aromatic nitrogens is 1. The van der Waals surface area contributed by atoms with Crippen molar-refractivity contribution >= 4 is 17.7 Å².